The van der Waals surface area contributed by atoms with Crippen molar-refractivity contribution < 1.29 is 9.59 Å². The van der Waals surface area contributed by atoms with Gasteiger partial charge in [-0.1, -0.05) is 0 Å². The van der Waals surface area contributed by atoms with E-state index in [9.17, 15) is 9.59 Å². The molecule has 130 valence electrons. The predicted molar refractivity (Wildman–Crippen MR) is 93.7 cm³/mol. The van der Waals surface area contributed by atoms with Crippen LogP contribution in [0.25, 0.3) is 0 Å². The van der Waals surface area contributed by atoms with Crippen LogP contribution in [-0.4, -0.2) is 23.3 Å². The molecular weight excluding hydrogens is 322 g/mol. The van der Waals surface area contributed by atoms with Gasteiger partial charge in [0, 0.05) is 29.5 Å². The van der Waals surface area contributed by atoms with Crippen LogP contribution in [0.2, 0.25) is 0 Å². The van der Waals surface area contributed by atoms with Crippen LogP contribution in [0.1, 0.15) is 49.8 Å². The fraction of sp³-hybridized carbons (Fsp3) is 0.722. The lowest BCUT2D eigenvalue weighted by Gasteiger charge is -2.55. The Morgan fingerprint density at radius 3 is 2.38 bits per heavy atom. The number of hydrogen-bond donors (Lipinski definition) is 2. The van der Waals surface area contributed by atoms with Gasteiger partial charge in [-0.05, 0) is 63.2 Å². The molecule has 4 bridgehead atoms. The molecule has 0 radical (unpaired) electrons. The van der Waals surface area contributed by atoms with Crippen molar-refractivity contribution in [2.24, 2.45) is 23.2 Å². The van der Waals surface area contributed by atoms with Gasteiger partial charge in [0.05, 0.1) is 0 Å². The van der Waals surface area contributed by atoms with Gasteiger partial charge in [0.1, 0.15) is 0 Å². The normalized spacial score (nSPS) is 33.5. The molecule has 0 spiro atoms. The molecule has 0 atom stereocenters. The molecule has 24 heavy (non-hydrogen) atoms. The van der Waals surface area contributed by atoms with E-state index in [1.54, 1.807) is 6.20 Å². The van der Waals surface area contributed by atoms with E-state index >= 15 is 0 Å². The molecule has 5 rings (SSSR count). The summed E-state index contributed by atoms with van der Waals surface area (Å²) in [5.74, 6) is 2.39. The highest BCUT2D eigenvalue weighted by molar-refractivity contribution is 7.15. The van der Waals surface area contributed by atoms with Crippen LogP contribution in [0.3, 0.4) is 0 Å². The fourth-order valence-electron chi connectivity index (χ4n) is 5.46. The number of thiazole rings is 1. The third kappa shape index (κ3) is 3.08. The van der Waals surface area contributed by atoms with Crippen LogP contribution in [-0.2, 0) is 9.59 Å². The van der Waals surface area contributed by atoms with Crippen molar-refractivity contribution in [3.63, 3.8) is 0 Å². The summed E-state index contributed by atoms with van der Waals surface area (Å²) >= 11 is 1.46. The summed E-state index contributed by atoms with van der Waals surface area (Å²) in [5.41, 5.74) is -0.127. The van der Waals surface area contributed by atoms with Gasteiger partial charge in [0.2, 0.25) is 11.8 Å². The second-order valence-electron chi connectivity index (χ2n) is 8.03. The largest absolute Gasteiger partial charge is 0.355 e. The average Bonchev–Trinajstić information content (AvgIpc) is 2.90. The molecule has 1 aromatic rings. The van der Waals surface area contributed by atoms with E-state index in [2.05, 4.69) is 15.6 Å². The first-order chi connectivity index (χ1) is 11.5. The summed E-state index contributed by atoms with van der Waals surface area (Å²) in [6.07, 6.45) is 9.25. The summed E-state index contributed by atoms with van der Waals surface area (Å²) in [4.78, 5) is 29.9. The fourth-order valence-corrected chi connectivity index (χ4v) is 6.14. The molecule has 2 amide bonds. The highest BCUT2D eigenvalue weighted by Gasteiger charge is 2.54. The maximum Gasteiger partial charge on any atom is 0.227 e. The summed E-state index contributed by atoms with van der Waals surface area (Å²) < 4.78 is 0. The zero-order chi connectivity index (χ0) is 16.7. The van der Waals surface area contributed by atoms with Crippen LogP contribution < -0.4 is 10.6 Å². The Hall–Kier alpha value is -1.43. The molecule has 0 unspecified atom stereocenters. The van der Waals surface area contributed by atoms with Crippen LogP contribution in [0.5, 0.6) is 0 Å². The van der Waals surface area contributed by atoms with Gasteiger partial charge in [-0.25, -0.2) is 4.98 Å². The lowest BCUT2D eigenvalue weighted by molar-refractivity contribution is -0.146. The number of hydrogen-bond acceptors (Lipinski definition) is 4. The maximum atomic E-state index is 12.8. The van der Waals surface area contributed by atoms with Gasteiger partial charge < -0.3 is 10.6 Å². The molecule has 4 fully saturated rings. The van der Waals surface area contributed by atoms with E-state index in [4.69, 9.17) is 0 Å². The molecular formula is C18H25N3O2S. The Kier molecular flexibility index (Phi) is 4.11. The molecule has 0 saturated heterocycles. The van der Waals surface area contributed by atoms with Gasteiger partial charge >= 0.3 is 0 Å². The third-order valence-corrected chi connectivity index (χ3v) is 6.85. The molecule has 1 heterocycles. The molecule has 2 N–H and O–H groups in total. The summed E-state index contributed by atoms with van der Waals surface area (Å²) in [6.45, 7) is 2.37. The van der Waals surface area contributed by atoms with Crippen LogP contribution in [0, 0.1) is 30.1 Å². The average molecular weight is 347 g/mol. The molecule has 0 aliphatic heterocycles. The molecule has 6 heteroatoms. The smallest absolute Gasteiger partial charge is 0.227 e. The SMILES string of the molecule is Cc1cnc(NC(=O)CCNC(=O)C23CC4CC(CC(C4)C2)C3)s1. The Bertz CT molecular complexity index is 619. The van der Waals surface area contributed by atoms with E-state index in [0.717, 1.165) is 41.9 Å². The molecule has 4 aliphatic carbocycles. The van der Waals surface area contributed by atoms with Crippen LogP contribution in [0.15, 0.2) is 6.20 Å². The van der Waals surface area contributed by atoms with Gasteiger partial charge in [0.25, 0.3) is 0 Å². The minimum atomic E-state index is -0.127. The number of amides is 2. The lowest BCUT2D eigenvalue weighted by Crippen LogP contribution is -2.53. The van der Waals surface area contributed by atoms with Crippen LogP contribution >= 0.6 is 11.3 Å². The quantitative estimate of drug-likeness (QED) is 0.860. The number of carbonyl (C=O) groups excluding carboxylic acids is 2. The van der Waals surface area contributed by atoms with Crippen molar-refractivity contribution in [3.8, 4) is 0 Å². The minimum absolute atomic E-state index is 0.0878. The van der Waals surface area contributed by atoms with Crippen molar-refractivity contribution in [1.82, 2.24) is 10.3 Å². The van der Waals surface area contributed by atoms with Crippen molar-refractivity contribution >= 4 is 28.3 Å². The van der Waals surface area contributed by atoms with E-state index < -0.39 is 0 Å². The van der Waals surface area contributed by atoms with Crippen molar-refractivity contribution in [1.29, 1.82) is 0 Å². The molecule has 4 saturated carbocycles. The topological polar surface area (TPSA) is 71.1 Å². The molecule has 5 nitrogen and oxygen atoms in total. The van der Waals surface area contributed by atoms with Crippen molar-refractivity contribution in [2.45, 2.75) is 51.9 Å². The monoisotopic (exact) mass is 347 g/mol. The number of nitrogens with one attached hydrogen (secondary N) is 2. The highest BCUT2D eigenvalue weighted by atomic mass is 32.1. The van der Waals surface area contributed by atoms with Crippen molar-refractivity contribution in [2.75, 3.05) is 11.9 Å². The first-order valence-electron chi connectivity index (χ1n) is 9.03. The predicted octanol–water partition coefficient (Wildman–Crippen LogP) is 3.11. The number of rotatable bonds is 5. The molecule has 0 aromatic carbocycles. The first kappa shape index (κ1) is 16.1. The van der Waals surface area contributed by atoms with Crippen molar-refractivity contribution in [3.05, 3.63) is 11.1 Å². The van der Waals surface area contributed by atoms with Gasteiger partial charge in [0.15, 0.2) is 5.13 Å². The van der Waals surface area contributed by atoms with Gasteiger partial charge in [-0.3, -0.25) is 9.59 Å². The molecule has 1 aromatic heterocycles. The number of carbonyl (C=O) groups is 2. The van der Waals surface area contributed by atoms with E-state index in [1.165, 1.54) is 30.6 Å². The zero-order valence-electron chi connectivity index (χ0n) is 14.1. The maximum absolute atomic E-state index is 12.8. The molecule has 4 aliphatic rings. The summed E-state index contributed by atoms with van der Waals surface area (Å²) in [6, 6.07) is 0. The third-order valence-electron chi connectivity index (χ3n) is 6.03. The summed E-state index contributed by atoms with van der Waals surface area (Å²) in [7, 11) is 0. The Labute approximate surface area is 146 Å². The van der Waals surface area contributed by atoms with Gasteiger partial charge in [-0.15, -0.1) is 11.3 Å². The highest BCUT2D eigenvalue weighted by Crippen LogP contribution is 2.60. The van der Waals surface area contributed by atoms with Gasteiger partial charge in [-0.2, -0.15) is 0 Å². The Balaban J connectivity index is 1.27. The van der Waals surface area contributed by atoms with E-state index in [0.29, 0.717) is 18.1 Å². The first-order valence-corrected chi connectivity index (χ1v) is 9.85. The minimum Gasteiger partial charge on any atom is -0.355 e. The Morgan fingerprint density at radius 1 is 1.21 bits per heavy atom. The summed E-state index contributed by atoms with van der Waals surface area (Å²) in [5, 5.41) is 6.46. The number of anilines is 1. The second-order valence-corrected chi connectivity index (χ2v) is 9.26. The van der Waals surface area contributed by atoms with E-state index in [-0.39, 0.29) is 17.2 Å². The Morgan fingerprint density at radius 2 is 1.83 bits per heavy atom. The number of nitrogens with zero attached hydrogens (tertiary/aromatic N) is 1. The van der Waals surface area contributed by atoms with Crippen LogP contribution in [0.4, 0.5) is 5.13 Å². The number of aryl methyl sites for hydroxylation is 1. The number of aromatic nitrogens is 1. The lowest BCUT2D eigenvalue weighted by atomic mass is 9.49. The van der Waals surface area contributed by atoms with E-state index in [1.807, 2.05) is 6.92 Å². The standard InChI is InChI=1S/C18H25N3O2S/c1-11-10-20-17(24-11)21-15(22)2-3-19-16(23)18-7-12-4-13(8-18)6-14(5-12)9-18/h10,12-14H,2-9H2,1H3,(H,19,23)(H,20,21,22). The second kappa shape index (κ2) is 6.14. The zero-order valence-corrected chi connectivity index (χ0v) is 15.0.